The summed E-state index contributed by atoms with van der Waals surface area (Å²) in [5.74, 6) is 1.24. The standard InChI is InChI=1S/C22H25N3O4/c1-16(26)25-15-21(29-20-6-4-3-5-19(20)25)22(27)24-13-11-23(12-14-24)17-7-9-18(28-2)10-8-17/h3-10,21H,11-15H2,1-2H3. The van der Waals surface area contributed by atoms with E-state index in [0.717, 1.165) is 24.5 Å². The average Bonchev–Trinajstić information content (AvgIpc) is 2.78. The number of nitrogens with zero attached hydrogens (tertiary/aromatic N) is 3. The zero-order valence-electron chi connectivity index (χ0n) is 16.7. The van der Waals surface area contributed by atoms with Crippen molar-refractivity contribution in [3.05, 3.63) is 48.5 Å². The number of fused-ring (bicyclic) bond motifs is 1. The molecule has 2 aromatic carbocycles. The predicted molar refractivity (Wildman–Crippen MR) is 111 cm³/mol. The Morgan fingerprint density at radius 1 is 1.00 bits per heavy atom. The third kappa shape index (κ3) is 3.85. The van der Waals surface area contributed by atoms with E-state index in [-0.39, 0.29) is 18.4 Å². The minimum absolute atomic E-state index is 0.0693. The smallest absolute Gasteiger partial charge is 0.265 e. The molecule has 4 rings (SSSR count). The van der Waals surface area contributed by atoms with Crippen molar-refractivity contribution in [2.24, 2.45) is 0 Å². The van der Waals surface area contributed by atoms with Crippen molar-refractivity contribution >= 4 is 23.2 Å². The Balaban J connectivity index is 1.41. The molecule has 2 aliphatic heterocycles. The summed E-state index contributed by atoms with van der Waals surface area (Å²) in [5, 5.41) is 0. The Hall–Kier alpha value is -3.22. The maximum Gasteiger partial charge on any atom is 0.265 e. The maximum absolute atomic E-state index is 13.1. The van der Waals surface area contributed by atoms with Crippen molar-refractivity contribution in [2.45, 2.75) is 13.0 Å². The SMILES string of the molecule is COc1ccc(N2CCN(C(=O)C3CN(C(C)=O)c4ccccc4O3)CC2)cc1. The van der Waals surface area contributed by atoms with Crippen LogP contribution in [-0.2, 0) is 9.59 Å². The molecule has 2 heterocycles. The fourth-order valence-electron chi connectivity index (χ4n) is 3.84. The van der Waals surface area contributed by atoms with Gasteiger partial charge < -0.3 is 24.2 Å². The highest BCUT2D eigenvalue weighted by molar-refractivity contribution is 5.95. The molecule has 0 spiro atoms. The van der Waals surface area contributed by atoms with Gasteiger partial charge in [0.05, 0.1) is 19.3 Å². The first kappa shape index (κ1) is 19.1. The molecule has 1 saturated heterocycles. The number of anilines is 2. The van der Waals surface area contributed by atoms with Gasteiger partial charge in [-0.25, -0.2) is 0 Å². The van der Waals surface area contributed by atoms with Gasteiger partial charge in [-0.3, -0.25) is 9.59 Å². The normalized spacial score (nSPS) is 18.7. The van der Waals surface area contributed by atoms with Crippen molar-refractivity contribution in [1.29, 1.82) is 0 Å². The summed E-state index contributed by atoms with van der Waals surface area (Å²) in [4.78, 5) is 30.9. The van der Waals surface area contributed by atoms with Crippen LogP contribution >= 0.6 is 0 Å². The molecule has 7 nitrogen and oxygen atoms in total. The molecule has 1 atom stereocenters. The van der Waals surface area contributed by atoms with Gasteiger partial charge in [0.2, 0.25) is 5.91 Å². The molecule has 2 aliphatic rings. The van der Waals surface area contributed by atoms with Crippen LogP contribution < -0.4 is 19.3 Å². The van der Waals surface area contributed by atoms with Crippen LogP contribution in [0.1, 0.15) is 6.92 Å². The number of carbonyl (C=O) groups is 2. The molecule has 2 amide bonds. The summed E-state index contributed by atoms with van der Waals surface area (Å²) in [6.45, 7) is 4.48. The van der Waals surface area contributed by atoms with Crippen LogP contribution in [0.3, 0.4) is 0 Å². The lowest BCUT2D eigenvalue weighted by atomic mass is 10.1. The quantitative estimate of drug-likeness (QED) is 0.797. The molecule has 7 heteroatoms. The third-order valence-electron chi connectivity index (χ3n) is 5.46. The van der Waals surface area contributed by atoms with Crippen LogP contribution in [0, 0.1) is 0 Å². The van der Waals surface area contributed by atoms with Gasteiger partial charge in [-0.15, -0.1) is 0 Å². The highest BCUT2D eigenvalue weighted by Gasteiger charge is 2.35. The molecule has 1 fully saturated rings. The van der Waals surface area contributed by atoms with E-state index >= 15 is 0 Å². The minimum atomic E-state index is -0.679. The van der Waals surface area contributed by atoms with E-state index in [0.29, 0.717) is 24.5 Å². The highest BCUT2D eigenvalue weighted by atomic mass is 16.5. The molecule has 29 heavy (non-hydrogen) atoms. The maximum atomic E-state index is 13.1. The van der Waals surface area contributed by atoms with Crippen LogP contribution in [0.5, 0.6) is 11.5 Å². The van der Waals surface area contributed by atoms with Gasteiger partial charge >= 0.3 is 0 Å². The molecule has 0 aliphatic carbocycles. The summed E-state index contributed by atoms with van der Waals surface area (Å²) in [7, 11) is 1.65. The first-order valence-electron chi connectivity index (χ1n) is 9.78. The number of hydrogen-bond donors (Lipinski definition) is 0. The van der Waals surface area contributed by atoms with E-state index in [1.54, 1.807) is 18.1 Å². The summed E-state index contributed by atoms with van der Waals surface area (Å²) in [5.41, 5.74) is 1.83. The molecule has 2 aromatic rings. The zero-order chi connectivity index (χ0) is 20.4. The summed E-state index contributed by atoms with van der Waals surface area (Å²) < 4.78 is 11.2. The number of hydrogen-bond acceptors (Lipinski definition) is 5. The lowest BCUT2D eigenvalue weighted by Crippen LogP contribution is -2.56. The van der Waals surface area contributed by atoms with E-state index in [1.165, 1.54) is 6.92 Å². The van der Waals surface area contributed by atoms with Gasteiger partial charge in [-0.2, -0.15) is 0 Å². The highest BCUT2D eigenvalue weighted by Crippen LogP contribution is 2.33. The second kappa shape index (κ2) is 8.03. The number of piperazine rings is 1. The van der Waals surface area contributed by atoms with E-state index in [4.69, 9.17) is 9.47 Å². The van der Waals surface area contributed by atoms with Crippen LogP contribution in [0.2, 0.25) is 0 Å². The van der Waals surface area contributed by atoms with Crippen LogP contribution in [0.4, 0.5) is 11.4 Å². The number of rotatable bonds is 3. The average molecular weight is 395 g/mol. The van der Waals surface area contributed by atoms with Gasteiger partial charge in [0, 0.05) is 38.8 Å². The van der Waals surface area contributed by atoms with Crippen LogP contribution in [-0.4, -0.2) is 62.7 Å². The number of methoxy groups -OCH3 is 1. The van der Waals surface area contributed by atoms with Crippen molar-refractivity contribution in [3.8, 4) is 11.5 Å². The number of ether oxygens (including phenoxy) is 2. The molecule has 0 saturated carbocycles. The van der Waals surface area contributed by atoms with Crippen LogP contribution in [0.15, 0.2) is 48.5 Å². The summed E-state index contributed by atoms with van der Waals surface area (Å²) in [6, 6.07) is 15.3. The van der Waals surface area contributed by atoms with E-state index in [1.807, 2.05) is 47.4 Å². The van der Waals surface area contributed by atoms with E-state index in [2.05, 4.69) is 4.90 Å². The molecular weight excluding hydrogens is 370 g/mol. The molecular formula is C22H25N3O4. The van der Waals surface area contributed by atoms with Crippen LogP contribution in [0.25, 0.3) is 0 Å². The van der Waals surface area contributed by atoms with Gasteiger partial charge in [0.25, 0.3) is 5.91 Å². The fourth-order valence-corrected chi connectivity index (χ4v) is 3.84. The van der Waals surface area contributed by atoms with Crippen molar-refractivity contribution < 1.29 is 19.1 Å². The number of carbonyl (C=O) groups excluding carboxylic acids is 2. The Labute approximate surface area is 170 Å². The Kier molecular flexibility index (Phi) is 5.29. The Morgan fingerprint density at radius 2 is 1.69 bits per heavy atom. The number of para-hydroxylation sites is 2. The fraction of sp³-hybridized carbons (Fsp3) is 0.364. The largest absolute Gasteiger partial charge is 0.497 e. The van der Waals surface area contributed by atoms with Gasteiger partial charge in [-0.05, 0) is 36.4 Å². The first-order chi connectivity index (χ1) is 14.1. The molecule has 152 valence electrons. The molecule has 1 unspecified atom stereocenters. The third-order valence-corrected chi connectivity index (χ3v) is 5.46. The number of benzene rings is 2. The topological polar surface area (TPSA) is 62.3 Å². The number of amides is 2. The second-order valence-electron chi connectivity index (χ2n) is 7.21. The zero-order valence-corrected chi connectivity index (χ0v) is 16.7. The lowest BCUT2D eigenvalue weighted by molar-refractivity contribution is -0.139. The minimum Gasteiger partial charge on any atom is -0.497 e. The first-order valence-corrected chi connectivity index (χ1v) is 9.78. The van der Waals surface area contributed by atoms with E-state index in [9.17, 15) is 9.59 Å². The lowest BCUT2D eigenvalue weighted by Gasteiger charge is -2.40. The van der Waals surface area contributed by atoms with Crippen molar-refractivity contribution in [1.82, 2.24) is 4.90 Å². The summed E-state index contributed by atoms with van der Waals surface area (Å²) >= 11 is 0. The Morgan fingerprint density at radius 3 is 2.34 bits per heavy atom. The predicted octanol–water partition coefficient (Wildman–Crippen LogP) is 2.16. The van der Waals surface area contributed by atoms with Gasteiger partial charge in [0.1, 0.15) is 11.5 Å². The van der Waals surface area contributed by atoms with Gasteiger partial charge in [0.15, 0.2) is 6.10 Å². The molecule has 0 aromatic heterocycles. The van der Waals surface area contributed by atoms with Gasteiger partial charge in [-0.1, -0.05) is 12.1 Å². The second-order valence-corrected chi connectivity index (χ2v) is 7.21. The molecule has 0 bridgehead atoms. The van der Waals surface area contributed by atoms with Crippen molar-refractivity contribution in [2.75, 3.05) is 49.6 Å². The molecule has 0 radical (unpaired) electrons. The molecule has 0 N–H and O–H groups in total. The Bertz CT molecular complexity index is 891. The van der Waals surface area contributed by atoms with E-state index < -0.39 is 6.10 Å². The monoisotopic (exact) mass is 395 g/mol. The summed E-state index contributed by atoms with van der Waals surface area (Å²) in [6.07, 6.45) is -0.679. The van der Waals surface area contributed by atoms with Crippen molar-refractivity contribution in [3.63, 3.8) is 0 Å².